The molecule has 1 aromatic heterocycles. The highest BCUT2D eigenvalue weighted by Gasteiger charge is 2.34. The average Bonchev–Trinajstić information content (AvgIpc) is 3.35. The number of ether oxygens (including phenoxy) is 1. The lowest BCUT2D eigenvalue weighted by Crippen LogP contribution is -2.48. The van der Waals surface area contributed by atoms with Crippen LogP contribution in [0.25, 0.3) is 21.7 Å². The molecule has 4 N–H and O–H groups in total. The number of carboxylic acid groups (broad SMARTS) is 1. The van der Waals surface area contributed by atoms with Crippen molar-refractivity contribution < 1.29 is 38.2 Å². The van der Waals surface area contributed by atoms with Crippen LogP contribution in [0.15, 0.2) is 72.1 Å². The van der Waals surface area contributed by atoms with E-state index >= 15 is 0 Å². The number of quaternary nitrogens is 1. The molecule has 0 radical (unpaired) electrons. The van der Waals surface area contributed by atoms with E-state index in [1.54, 1.807) is 30.3 Å². The molecule has 8 nitrogen and oxygen atoms in total. The molecule has 0 aliphatic heterocycles. The van der Waals surface area contributed by atoms with Gasteiger partial charge in [0.25, 0.3) is 0 Å². The number of hydrogen-bond acceptors (Lipinski definition) is 7. The average molecular weight is 559 g/mol. The number of nitrogens with one attached hydrogen (secondary N) is 1. The molecule has 12 heteroatoms. The third kappa shape index (κ3) is 6.04. The lowest BCUT2D eigenvalue weighted by Gasteiger charge is -2.29. The third-order valence-electron chi connectivity index (χ3n) is 6.48. The first-order chi connectivity index (χ1) is 18.5. The first kappa shape index (κ1) is 26.6. The second-order valence-electron chi connectivity index (χ2n) is 9.11. The Morgan fingerprint density at radius 3 is 2.15 bits per heavy atom. The van der Waals surface area contributed by atoms with Gasteiger partial charge in [-0.3, -0.25) is 0 Å². The van der Waals surface area contributed by atoms with Crippen molar-refractivity contribution in [1.82, 2.24) is 9.90 Å². The van der Waals surface area contributed by atoms with Crippen LogP contribution in [0.2, 0.25) is 0 Å². The zero-order chi connectivity index (χ0) is 27.8. The molecule has 1 aliphatic carbocycles. The molecule has 3 aromatic carbocycles. The monoisotopic (exact) mass is 558 g/mol. The Bertz CT molecular complexity index is 1480. The molecule has 39 heavy (non-hydrogen) atoms. The number of halogens is 3. The van der Waals surface area contributed by atoms with E-state index in [0.29, 0.717) is 27.4 Å². The molecule has 0 amide bonds. The van der Waals surface area contributed by atoms with Crippen molar-refractivity contribution in [3.8, 4) is 27.4 Å². The highest BCUT2D eigenvalue weighted by molar-refractivity contribution is 7.13. The van der Waals surface area contributed by atoms with Crippen molar-refractivity contribution in [3.63, 3.8) is 0 Å². The van der Waals surface area contributed by atoms with Crippen molar-refractivity contribution in [2.24, 2.45) is 0 Å². The first-order valence-corrected chi connectivity index (χ1v) is 12.8. The Balaban J connectivity index is 1.32. The standard InChI is InChI=1S/C27H22F3N3O5S/c28-27(29,30)38-21-11-8-17(9-12-21)16-4-6-19(7-5-16)25-31-24(15-39-25)33(36,37)32-23-13-10-20(26(34)35)14-22(23)18-2-1-3-18/h4-15,18,32,36-37H,1-3H2/p+1. The van der Waals surface area contributed by atoms with Crippen LogP contribution >= 0.6 is 11.3 Å². The quantitative estimate of drug-likeness (QED) is 0.131. The fourth-order valence-electron chi connectivity index (χ4n) is 4.28. The lowest BCUT2D eigenvalue weighted by atomic mass is 9.79. The fraction of sp³-hybridized carbons (Fsp3) is 0.185. The van der Waals surface area contributed by atoms with Gasteiger partial charge in [-0.05, 0) is 65.8 Å². The number of hydrogen-bond donors (Lipinski definition) is 4. The van der Waals surface area contributed by atoms with Crippen molar-refractivity contribution in [3.05, 3.63) is 83.2 Å². The Morgan fingerprint density at radius 1 is 0.974 bits per heavy atom. The van der Waals surface area contributed by atoms with Crippen LogP contribution in [0.4, 0.5) is 24.7 Å². The summed E-state index contributed by atoms with van der Waals surface area (Å²) in [4.78, 5) is 14.1. The minimum atomic E-state index is -4.76. The second kappa shape index (κ2) is 10.3. The second-order valence-corrected chi connectivity index (χ2v) is 9.97. The van der Waals surface area contributed by atoms with Gasteiger partial charge < -0.3 is 9.84 Å². The fourth-order valence-corrected chi connectivity index (χ4v) is 5.11. The van der Waals surface area contributed by atoms with Crippen molar-refractivity contribution in [1.29, 1.82) is 0 Å². The number of rotatable bonds is 8. The van der Waals surface area contributed by atoms with Crippen molar-refractivity contribution in [2.75, 3.05) is 5.43 Å². The number of thiazole rings is 1. The van der Waals surface area contributed by atoms with E-state index in [1.165, 1.54) is 53.1 Å². The first-order valence-electron chi connectivity index (χ1n) is 11.9. The smallest absolute Gasteiger partial charge is 0.478 e. The highest BCUT2D eigenvalue weighted by atomic mass is 32.1. The minimum Gasteiger partial charge on any atom is -0.478 e. The van der Waals surface area contributed by atoms with Crippen LogP contribution in [0.3, 0.4) is 0 Å². The van der Waals surface area contributed by atoms with Gasteiger partial charge in [0.2, 0.25) is 0 Å². The van der Waals surface area contributed by atoms with Gasteiger partial charge in [0.1, 0.15) is 15.7 Å². The zero-order valence-electron chi connectivity index (χ0n) is 20.2. The predicted octanol–water partition coefficient (Wildman–Crippen LogP) is 7.45. The SMILES string of the molecule is O=C(O)c1ccc(N[N+](O)(O)c2csc(-c3ccc(-c4ccc(OC(F)(F)F)cc4)cc3)n2)c(C2CCC2)c1. The molecule has 0 unspecified atom stereocenters. The summed E-state index contributed by atoms with van der Waals surface area (Å²) >= 11 is 1.19. The summed E-state index contributed by atoms with van der Waals surface area (Å²) in [5.41, 5.74) is 6.04. The molecule has 1 fully saturated rings. The number of aromatic carboxylic acids is 1. The predicted molar refractivity (Wildman–Crippen MR) is 139 cm³/mol. The largest absolute Gasteiger partial charge is 0.573 e. The van der Waals surface area contributed by atoms with E-state index in [9.17, 15) is 33.5 Å². The van der Waals surface area contributed by atoms with E-state index in [4.69, 9.17) is 0 Å². The summed E-state index contributed by atoms with van der Waals surface area (Å²) in [6.45, 7) is 0. The van der Waals surface area contributed by atoms with Gasteiger partial charge in [-0.2, -0.15) is 10.4 Å². The van der Waals surface area contributed by atoms with E-state index in [1.807, 2.05) is 0 Å². The normalized spacial score (nSPS) is 14.1. The van der Waals surface area contributed by atoms with Crippen molar-refractivity contribution >= 4 is 28.8 Å². The van der Waals surface area contributed by atoms with Gasteiger partial charge in [0.15, 0.2) is 0 Å². The molecule has 0 atom stereocenters. The molecule has 1 aliphatic rings. The topological polar surface area (TPSA) is 112 Å². The Labute approximate surface area is 224 Å². The van der Waals surface area contributed by atoms with Gasteiger partial charge in [-0.25, -0.2) is 4.79 Å². The van der Waals surface area contributed by atoms with Crippen LogP contribution in [0, 0.1) is 0 Å². The molecular weight excluding hydrogens is 535 g/mol. The zero-order valence-corrected chi connectivity index (χ0v) is 21.0. The molecular formula is C27H23F3N3O5S+. The summed E-state index contributed by atoms with van der Waals surface area (Å²) in [5.74, 6) is -1.32. The summed E-state index contributed by atoms with van der Waals surface area (Å²) < 4.78 is 41.0. The van der Waals surface area contributed by atoms with Gasteiger partial charge in [0, 0.05) is 5.56 Å². The Kier molecular flexibility index (Phi) is 7.03. The number of carboxylic acids is 1. The van der Waals surface area contributed by atoms with Gasteiger partial charge in [-0.1, -0.05) is 42.8 Å². The maximum absolute atomic E-state index is 12.4. The van der Waals surface area contributed by atoms with Gasteiger partial charge in [-0.15, -0.1) is 34.9 Å². The van der Waals surface area contributed by atoms with Crippen LogP contribution in [-0.2, 0) is 0 Å². The number of nitrogens with zero attached hydrogens (tertiary/aromatic N) is 2. The summed E-state index contributed by atoms with van der Waals surface area (Å²) in [7, 11) is 0. The molecule has 4 aromatic rings. The van der Waals surface area contributed by atoms with E-state index < -0.39 is 17.3 Å². The summed E-state index contributed by atoms with van der Waals surface area (Å²) in [5, 5.41) is 32.9. The third-order valence-corrected chi connectivity index (χ3v) is 7.36. The lowest BCUT2D eigenvalue weighted by molar-refractivity contribution is -0.275. The highest BCUT2D eigenvalue weighted by Crippen LogP contribution is 2.41. The summed E-state index contributed by atoms with van der Waals surface area (Å²) in [6, 6.07) is 17.1. The molecule has 0 bridgehead atoms. The van der Waals surface area contributed by atoms with Crippen LogP contribution in [0.1, 0.15) is 41.1 Å². The van der Waals surface area contributed by atoms with Crippen molar-refractivity contribution in [2.45, 2.75) is 31.5 Å². The number of alkyl halides is 3. The minimum absolute atomic E-state index is 0.0822. The van der Waals surface area contributed by atoms with E-state index in [2.05, 4.69) is 15.1 Å². The van der Waals surface area contributed by atoms with Gasteiger partial charge >= 0.3 is 18.1 Å². The number of carbonyl (C=O) groups is 1. The number of benzene rings is 3. The molecule has 0 saturated heterocycles. The van der Waals surface area contributed by atoms with E-state index in [-0.39, 0.29) is 23.0 Å². The molecule has 202 valence electrons. The van der Waals surface area contributed by atoms with Crippen LogP contribution in [-0.4, -0.2) is 32.8 Å². The molecule has 1 saturated carbocycles. The molecule has 0 spiro atoms. The molecule has 1 heterocycles. The maximum Gasteiger partial charge on any atom is 0.573 e. The van der Waals surface area contributed by atoms with E-state index in [0.717, 1.165) is 24.8 Å². The van der Waals surface area contributed by atoms with Crippen LogP contribution < -0.4 is 15.1 Å². The Hall–Kier alpha value is -3.97. The van der Waals surface area contributed by atoms with Crippen LogP contribution in [0.5, 0.6) is 5.75 Å². The van der Waals surface area contributed by atoms with Gasteiger partial charge in [0.05, 0.1) is 16.6 Å². The molecule has 5 rings (SSSR count). The maximum atomic E-state index is 12.4. The Morgan fingerprint density at radius 2 is 1.59 bits per heavy atom. The summed E-state index contributed by atoms with van der Waals surface area (Å²) in [6.07, 6.45) is -1.96. The number of aromatic nitrogens is 1. The number of anilines is 1.